The number of benzene rings is 1. The molecule has 4 aromatic rings. The summed E-state index contributed by atoms with van der Waals surface area (Å²) >= 11 is 0. The Morgan fingerprint density at radius 3 is 2.81 bits per heavy atom. The molecule has 1 aliphatic rings. The first-order valence-electron chi connectivity index (χ1n) is 10.2. The van der Waals surface area contributed by atoms with Gasteiger partial charge < -0.3 is 15.0 Å². The zero-order valence-corrected chi connectivity index (χ0v) is 17.4. The summed E-state index contributed by atoms with van der Waals surface area (Å²) in [5, 5.41) is 7.67. The van der Waals surface area contributed by atoms with E-state index in [1.54, 1.807) is 12.4 Å². The number of aromatic nitrogens is 5. The Bertz CT molecular complexity index is 1250. The van der Waals surface area contributed by atoms with Gasteiger partial charge in [0, 0.05) is 50.4 Å². The van der Waals surface area contributed by atoms with Gasteiger partial charge in [0.25, 0.3) is 0 Å². The van der Waals surface area contributed by atoms with E-state index < -0.39 is 0 Å². The van der Waals surface area contributed by atoms with Crippen molar-refractivity contribution in [3.05, 3.63) is 49.1 Å². The van der Waals surface area contributed by atoms with Crippen LogP contribution in [-0.4, -0.2) is 63.3 Å². The molecular weight excluding hydrogens is 394 g/mol. The molecule has 0 radical (unpaired) electrons. The van der Waals surface area contributed by atoms with E-state index in [-0.39, 0.29) is 18.6 Å². The molecule has 3 heterocycles. The molecule has 9 nitrogen and oxygen atoms in total. The summed E-state index contributed by atoms with van der Waals surface area (Å²) < 4.78 is 6.71. The van der Waals surface area contributed by atoms with Crippen molar-refractivity contribution in [1.29, 1.82) is 0 Å². The van der Waals surface area contributed by atoms with E-state index in [1.807, 2.05) is 48.2 Å². The van der Waals surface area contributed by atoms with Crippen LogP contribution in [0.15, 0.2) is 49.1 Å². The molecule has 0 unspecified atom stereocenters. The highest BCUT2D eigenvalue weighted by Gasteiger charge is 2.34. The van der Waals surface area contributed by atoms with Crippen LogP contribution in [0, 0.1) is 0 Å². The lowest BCUT2D eigenvalue weighted by molar-refractivity contribution is -0.126. The van der Waals surface area contributed by atoms with Gasteiger partial charge in [0.05, 0.1) is 22.7 Å². The predicted octanol–water partition coefficient (Wildman–Crippen LogP) is 2.07. The zero-order chi connectivity index (χ0) is 21.4. The summed E-state index contributed by atoms with van der Waals surface area (Å²) in [6.07, 6.45) is 8.91. The Labute approximate surface area is 179 Å². The molecule has 1 fully saturated rings. The quantitative estimate of drug-likeness (QED) is 0.513. The van der Waals surface area contributed by atoms with Crippen LogP contribution in [0.25, 0.3) is 27.7 Å². The molecule has 0 saturated heterocycles. The Hall–Kier alpha value is -3.59. The van der Waals surface area contributed by atoms with Gasteiger partial charge in [-0.3, -0.25) is 14.8 Å². The van der Waals surface area contributed by atoms with Crippen LogP contribution in [0.1, 0.15) is 12.8 Å². The number of methoxy groups -OCH3 is 1. The maximum Gasteiger partial charge on any atom is 0.246 e. The van der Waals surface area contributed by atoms with Crippen LogP contribution in [0.5, 0.6) is 0 Å². The third-order valence-corrected chi connectivity index (χ3v) is 5.80. The fourth-order valence-corrected chi connectivity index (χ4v) is 4.01. The largest absolute Gasteiger partial charge is 0.375 e. The number of nitrogens with one attached hydrogen (secondary N) is 1. The lowest BCUT2D eigenvalue weighted by Crippen LogP contribution is -2.54. The topological polar surface area (TPSA) is 97.5 Å². The van der Waals surface area contributed by atoms with Gasteiger partial charge in [0.1, 0.15) is 6.61 Å². The number of nitrogens with zero attached hydrogens (tertiary/aromatic N) is 6. The number of fused-ring (bicyclic) bond motifs is 2. The Kier molecular flexibility index (Phi) is 4.95. The first-order valence-corrected chi connectivity index (χ1v) is 10.2. The number of anilines is 1. The molecule has 31 heavy (non-hydrogen) atoms. The van der Waals surface area contributed by atoms with E-state index in [0.717, 1.165) is 40.5 Å². The van der Waals surface area contributed by atoms with Crippen LogP contribution in [0.2, 0.25) is 0 Å². The van der Waals surface area contributed by atoms with Gasteiger partial charge in [-0.2, -0.15) is 0 Å². The number of hydrogen-bond donors (Lipinski definition) is 1. The average molecular weight is 417 g/mol. The number of carbonyl (C=O) groups is 1. The number of ether oxygens (including phenoxy) is 1. The minimum absolute atomic E-state index is 0.0779. The van der Waals surface area contributed by atoms with Crippen molar-refractivity contribution in [2.24, 2.45) is 0 Å². The predicted molar refractivity (Wildman–Crippen MR) is 117 cm³/mol. The molecule has 3 aromatic heterocycles. The smallest absolute Gasteiger partial charge is 0.246 e. The van der Waals surface area contributed by atoms with E-state index in [2.05, 4.69) is 25.2 Å². The average Bonchev–Trinajstić information content (AvgIpc) is 3.18. The highest BCUT2D eigenvalue weighted by Crippen LogP contribution is 2.30. The molecule has 1 saturated carbocycles. The molecule has 1 aromatic carbocycles. The molecule has 1 aliphatic carbocycles. The maximum absolute atomic E-state index is 11.6. The van der Waals surface area contributed by atoms with Gasteiger partial charge in [-0.25, -0.2) is 9.50 Å². The molecule has 0 bridgehead atoms. The second kappa shape index (κ2) is 7.92. The van der Waals surface area contributed by atoms with Crippen molar-refractivity contribution in [2.45, 2.75) is 24.9 Å². The Morgan fingerprint density at radius 1 is 1.19 bits per heavy atom. The number of hydrogen-bond acceptors (Lipinski definition) is 7. The van der Waals surface area contributed by atoms with Crippen molar-refractivity contribution in [3.8, 4) is 11.1 Å². The minimum Gasteiger partial charge on any atom is -0.375 e. The molecule has 1 amide bonds. The minimum atomic E-state index is -0.0779. The number of amides is 1. The SMILES string of the molecule is COCC(=O)NC1CC(N(C)c2ncc3c(-c4ccc5nccnc5c4)ccn3n2)C1. The van der Waals surface area contributed by atoms with Gasteiger partial charge in [-0.05, 0) is 36.6 Å². The van der Waals surface area contributed by atoms with Crippen molar-refractivity contribution in [3.63, 3.8) is 0 Å². The number of carbonyl (C=O) groups excluding carboxylic acids is 1. The van der Waals surface area contributed by atoms with Crippen molar-refractivity contribution in [1.82, 2.24) is 29.9 Å². The third-order valence-electron chi connectivity index (χ3n) is 5.80. The van der Waals surface area contributed by atoms with Crippen LogP contribution in [0.4, 0.5) is 5.95 Å². The lowest BCUT2D eigenvalue weighted by atomic mass is 9.86. The summed E-state index contributed by atoms with van der Waals surface area (Å²) in [6, 6.07) is 8.55. The van der Waals surface area contributed by atoms with Crippen molar-refractivity contribution in [2.75, 3.05) is 25.7 Å². The maximum atomic E-state index is 11.6. The van der Waals surface area contributed by atoms with Crippen LogP contribution in [-0.2, 0) is 9.53 Å². The van der Waals surface area contributed by atoms with Gasteiger partial charge >= 0.3 is 0 Å². The standard InChI is InChI=1S/C22H23N7O2/c1-28(16-10-15(11-16)26-21(30)13-31-2)22-25-12-20-17(5-8-29(20)27-22)14-3-4-18-19(9-14)24-7-6-23-18/h3-9,12,15-16H,10-11,13H2,1-2H3,(H,26,30). The normalized spacial score (nSPS) is 18.1. The van der Waals surface area contributed by atoms with E-state index in [9.17, 15) is 4.79 Å². The van der Waals surface area contributed by atoms with Crippen LogP contribution >= 0.6 is 0 Å². The highest BCUT2D eigenvalue weighted by atomic mass is 16.5. The molecular formula is C22H23N7O2. The fourth-order valence-electron chi connectivity index (χ4n) is 4.01. The lowest BCUT2D eigenvalue weighted by Gasteiger charge is -2.41. The summed E-state index contributed by atoms with van der Waals surface area (Å²) in [4.78, 5) is 27.1. The molecule has 0 aliphatic heterocycles. The Morgan fingerprint density at radius 2 is 2.00 bits per heavy atom. The highest BCUT2D eigenvalue weighted by molar-refractivity contribution is 5.87. The van der Waals surface area contributed by atoms with Gasteiger partial charge in [0.2, 0.25) is 11.9 Å². The fraction of sp³-hybridized carbons (Fsp3) is 0.318. The van der Waals surface area contributed by atoms with E-state index in [4.69, 9.17) is 9.84 Å². The summed E-state index contributed by atoms with van der Waals surface area (Å²) in [5.74, 6) is 0.580. The summed E-state index contributed by atoms with van der Waals surface area (Å²) in [5.41, 5.74) is 4.75. The van der Waals surface area contributed by atoms with Crippen LogP contribution < -0.4 is 10.2 Å². The Balaban J connectivity index is 1.33. The molecule has 1 N–H and O–H groups in total. The summed E-state index contributed by atoms with van der Waals surface area (Å²) in [7, 11) is 3.51. The first-order chi connectivity index (χ1) is 15.1. The first kappa shape index (κ1) is 19.4. The molecule has 158 valence electrons. The molecule has 9 heteroatoms. The van der Waals surface area contributed by atoms with Gasteiger partial charge in [-0.15, -0.1) is 5.10 Å². The summed E-state index contributed by atoms with van der Waals surface area (Å²) in [6.45, 7) is 0.0938. The van der Waals surface area contributed by atoms with Crippen LogP contribution in [0.3, 0.4) is 0 Å². The molecule has 0 atom stereocenters. The third kappa shape index (κ3) is 3.68. The van der Waals surface area contributed by atoms with Gasteiger partial charge in [0.15, 0.2) is 0 Å². The zero-order valence-electron chi connectivity index (χ0n) is 17.4. The second-order valence-electron chi connectivity index (χ2n) is 7.81. The van der Waals surface area contributed by atoms with Crippen molar-refractivity contribution >= 4 is 28.4 Å². The molecule has 5 rings (SSSR count). The van der Waals surface area contributed by atoms with E-state index >= 15 is 0 Å². The monoisotopic (exact) mass is 417 g/mol. The molecule has 0 spiro atoms. The second-order valence-corrected chi connectivity index (χ2v) is 7.81. The van der Waals surface area contributed by atoms with E-state index in [1.165, 1.54) is 7.11 Å². The number of rotatable bonds is 6. The van der Waals surface area contributed by atoms with Crippen molar-refractivity contribution < 1.29 is 9.53 Å². The van der Waals surface area contributed by atoms with E-state index in [0.29, 0.717) is 12.0 Å². The van der Waals surface area contributed by atoms with Gasteiger partial charge in [-0.1, -0.05) is 6.07 Å².